The van der Waals surface area contributed by atoms with Crippen LogP contribution in [0.25, 0.3) is 5.82 Å². The van der Waals surface area contributed by atoms with Gasteiger partial charge in [-0.3, -0.25) is 4.79 Å². The number of rotatable bonds is 5. The quantitative estimate of drug-likeness (QED) is 0.537. The lowest BCUT2D eigenvalue weighted by Crippen LogP contribution is -2.11. The Bertz CT molecular complexity index is 1210. The van der Waals surface area contributed by atoms with Gasteiger partial charge < -0.3 is 14.6 Å². The minimum Gasteiger partial charge on any atom is -0.439 e. The van der Waals surface area contributed by atoms with E-state index >= 15 is 0 Å². The van der Waals surface area contributed by atoms with E-state index in [0.29, 0.717) is 28.9 Å². The first-order valence-electron chi connectivity index (χ1n) is 9.28. The van der Waals surface area contributed by atoms with Crippen LogP contribution in [0.3, 0.4) is 0 Å². The van der Waals surface area contributed by atoms with Crippen LogP contribution in [0.15, 0.2) is 47.2 Å². The highest BCUT2D eigenvalue weighted by atomic mass is 16.5. The van der Waals surface area contributed by atoms with Crippen molar-refractivity contribution in [1.29, 1.82) is 0 Å². The molecule has 0 aliphatic heterocycles. The van der Waals surface area contributed by atoms with Gasteiger partial charge in [0.1, 0.15) is 17.8 Å². The summed E-state index contributed by atoms with van der Waals surface area (Å²) in [6.07, 6.45) is 1.44. The maximum absolute atomic E-state index is 12.1. The maximum Gasteiger partial charge on any atom is 0.277 e. The van der Waals surface area contributed by atoms with Crippen LogP contribution in [0.4, 0.5) is 5.69 Å². The number of nitrogens with one attached hydrogen (secondary N) is 1. The first kappa shape index (κ1) is 19.3. The molecule has 30 heavy (non-hydrogen) atoms. The zero-order valence-corrected chi connectivity index (χ0v) is 17.0. The third kappa shape index (κ3) is 3.90. The van der Waals surface area contributed by atoms with Crippen molar-refractivity contribution in [3.05, 3.63) is 71.1 Å². The topological polar surface area (TPSA) is 108 Å². The lowest BCUT2D eigenvalue weighted by atomic mass is 10.2. The summed E-state index contributed by atoms with van der Waals surface area (Å²) in [6.45, 7) is 7.70. The Morgan fingerprint density at radius 3 is 2.47 bits per heavy atom. The predicted octanol–water partition coefficient (Wildman–Crippen LogP) is 3.93. The minimum atomic E-state index is -0.346. The average molecular weight is 404 g/mol. The van der Waals surface area contributed by atoms with Gasteiger partial charge in [-0.05, 0) is 57.5 Å². The highest BCUT2D eigenvalue weighted by Gasteiger charge is 2.13. The number of amides is 1. The van der Waals surface area contributed by atoms with Crippen molar-refractivity contribution in [3.8, 4) is 17.4 Å². The Morgan fingerprint density at radius 1 is 1.07 bits per heavy atom. The van der Waals surface area contributed by atoms with E-state index in [4.69, 9.17) is 9.26 Å². The number of aromatic nitrogens is 5. The Hall–Kier alpha value is -4.01. The molecule has 0 fully saturated rings. The van der Waals surface area contributed by atoms with Crippen LogP contribution in [0.1, 0.15) is 33.2 Å². The number of hydrogen-bond acceptors (Lipinski definition) is 7. The molecule has 0 saturated carbocycles. The molecule has 1 aromatic carbocycles. The third-order valence-corrected chi connectivity index (χ3v) is 4.69. The molecule has 0 atom stereocenters. The molecule has 1 N–H and O–H groups in total. The molecule has 1 amide bonds. The molecular weight excluding hydrogens is 384 g/mol. The van der Waals surface area contributed by atoms with Gasteiger partial charge in [-0.2, -0.15) is 5.10 Å². The summed E-state index contributed by atoms with van der Waals surface area (Å²) >= 11 is 0. The second kappa shape index (κ2) is 7.78. The second-order valence-corrected chi connectivity index (χ2v) is 6.83. The second-order valence-electron chi connectivity index (χ2n) is 6.83. The molecular formula is C21H20N6O3. The summed E-state index contributed by atoms with van der Waals surface area (Å²) in [4.78, 5) is 20.6. The molecule has 9 nitrogen and oxygen atoms in total. The normalized spacial score (nSPS) is 10.8. The predicted molar refractivity (Wildman–Crippen MR) is 109 cm³/mol. The lowest BCUT2D eigenvalue weighted by molar-refractivity contribution is 0.101. The van der Waals surface area contributed by atoms with Crippen molar-refractivity contribution in [3.63, 3.8) is 0 Å². The molecule has 0 radical (unpaired) electrons. The molecule has 3 aromatic heterocycles. The highest BCUT2D eigenvalue weighted by molar-refractivity contribution is 6.02. The Balaban J connectivity index is 1.47. The van der Waals surface area contributed by atoms with Gasteiger partial charge in [0.15, 0.2) is 11.5 Å². The van der Waals surface area contributed by atoms with E-state index in [0.717, 1.165) is 17.0 Å². The van der Waals surface area contributed by atoms with E-state index in [1.807, 2.05) is 20.8 Å². The first-order chi connectivity index (χ1) is 14.4. The molecule has 0 bridgehead atoms. The van der Waals surface area contributed by atoms with Gasteiger partial charge in [0.25, 0.3) is 5.91 Å². The monoisotopic (exact) mass is 404 g/mol. The number of ether oxygens (including phenoxy) is 1. The summed E-state index contributed by atoms with van der Waals surface area (Å²) < 4.78 is 12.5. The smallest absolute Gasteiger partial charge is 0.277 e. The van der Waals surface area contributed by atoms with Crippen LogP contribution in [0, 0.1) is 27.7 Å². The zero-order valence-electron chi connectivity index (χ0n) is 17.0. The summed E-state index contributed by atoms with van der Waals surface area (Å²) in [5.41, 5.74) is 3.91. The SMILES string of the molecule is Cc1cc(C(=O)Nc2ccc(Oc3cc(-n4nc(C)c(C)c4C)ncn3)cc2)no1. The van der Waals surface area contributed by atoms with E-state index in [9.17, 15) is 4.79 Å². The molecule has 9 heteroatoms. The van der Waals surface area contributed by atoms with E-state index < -0.39 is 0 Å². The standard InChI is InChI=1S/C21H20N6O3/c1-12-9-18(26-30-12)21(28)24-16-5-7-17(8-6-16)29-20-10-19(22-11-23-20)27-15(4)13(2)14(3)25-27/h5-11H,1-4H3,(H,24,28). The fourth-order valence-corrected chi connectivity index (χ4v) is 2.84. The van der Waals surface area contributed by atoms with E-state index in [2.05, 4.69) is 25.5 Å². The van der Waals surface area contributed by atoms with Gasteiger partial charge in [-0.15, -0.1) is 0 Å². The number of nitrogens with zero attached hydrogens (tertiary/aromatic N) is 5. The highest BCUT2D eigenvalue weighted by Crippen LogP contribution is 2.23. The summed E-state index contributed by atoms with van der Waals surface area (Å²) in [6, 6.07) is 10.2. The molecule has 0 aliphatic rings. The van der Waals surface area contributed by atoms with Crippen LogP contribution in [-0.4, -0.2) is 30.8 Å². The van der Waals surface area contributed by atoms with Gasteiger partial charge in [-0.25, -0.2) is 14.6 Å². The van der Waals surface area contributed by atoms with Crippen molar-refractivity contribution in [2.45, 2.75) is 27.7 Å². The Kier molecular flexibility index (Phi) is 5.01. The van der Waals surface area contributed by atoms with Crippen molar-refractivity contribution < 1.29 is 14.1 Å². The zero-order chi connectivity index (χ0) is 21.3. The number of benzene rings is 1. The van der Waals surface area contributed by atoms with Crippen molar-refractivity contribution in [1.82, 2.24) is 24.9 Å². The number of carbonyl (C=O) groups is 1. The number of hydrogen-bond donors (Lipinski definition) is 1. The van der Waals surface area contributed by atoms with Crippen molar-refractivity contribution in [2.24, 2.45) is 0 Å². The minimum absolute atomic E-state index is 0.223. The molecule has 0 spiro atoms. The van der Waals surface area contributed by atoms with E-state index in [1.54, 1.807) is 48.0 Å². The van der Waals surface area contributed by atoms with Crippen LogP contribution in [0.5, 0.6) is 11.6 Å². The van der Waals surface area contributed by atoms with Crippen LogP contribution in [-0.2, 0) is 0 Å². The van der Waals surface area contributed by atoms with Crippen LogP contribution in [0.2, 0.25) is 0 Å². The van der Waals surface area contributed by atoms with Crippen LogP contribution >= 0.6 is 0 Å². The molecule has 0 unspecified atom stereocenters. The molecule has 4 rings (SSSR count). The molecule has 0 saturated heterocycles. The molecule has 152 valence electrons. The summed E-state index contributed by atoms with van der Waals surface area (Å²) in [5, 5.41) is 11.0. The Morgan fingerprint density at radius 2 is 1.83 bits per heavy atom. The molecule has 4 aromatic rings. The van der Waals surface area contributed by atoms with Gasteiger partial charge in [-0.1, -0.05) is 5.16 Å². The number of aryl methyl sites for hydroxylation is 2. The van der Waals surface area contributed by atoms with Crippen molar-refractivity contribution in [2.75, 3.05) is 5.32 Å². The molecule has 3 heterocycles. The van der Waals surface area contributed by atoms with E-state index in [-0.39, 0.29) is 11.6 Å². The third-order valence-electron chi connectivity index (χ3n) is 4.69. The molecule has 0 aliphatic carbocycles. The summed E-state index contributed by atoms with van der Waals surface area (Å²) in [5.74, 6) is 1.81. The first-order valence-corrected chi connectivity index (χ1v) is 9.28. The summed E-state index contributed by atoms with van der Waals surface area (Å²) in [7, 11) is 0. The van der Waals surface area contributed by atoms with Gasteiger partial charge >= 0.3 is 0 Å². The number of anilines is 1. The van der Waals surface area contributed by atoms with E-state index in [1.165, 1.54) is 6.33 Å². The fourth-order valence-electron chi connectivity index (χ4n) is 2.84. The van der Waals surface area contributed by atoms with Gasteiger partial charge in [0.2, 0.25) is 5.88 Å². The maximum atomic E-state index is 12.1. The lowest BCUT2D eigenvalue weighted by Gasteiger charge is -2.08. The average Bonchev–Trinajstić information content (AvgIpc) is 3.28. The fraction of sp³-hybridized carbons (Fsp3) is 0.190. The van der Waals surface area contributed by atoms with Crippen LogP contribution < -0.4 is 10.1 Å². The van der Waals surface area contributed by atoms with Crippen molar-refractivity contribution >= 4 is 11.6 Å². The number of carbonyl (C=O) groups excluding carboxylic acids is 1. The van der Waals surface area contributed by atoms with Gasteiger partial charge in [0, 0.05) is 23.5 Å². The largest absolute Gasteiger partial charge is 0.439 e. The Labute approximate surface area is 172 Å². The van der Waals surface area contributed by atoms with Gasteiger partial charge in [0.05, 0.1) is 5.69 Å².